The average molecular weight is 345 g/mol. The van der Waals surface area contributed by atoms with Crippen molar-refractivity contribution in [3.63, 3.8) is 0 Å². The van der Waals surface area contributed by atoms with Gasteiger partial charge in [0.2, 0.25) is 0 Å². The van der Waals surface area contributed by atoms with Crippen LogP contribution in [-0.4, -0.2) is 11.1 Å². The van der Waals surface area contributed by atoms with E-state index in [0.29, 0.717) is 6.42 Å². The molecule has 0 radical (unpaired) electrons. The summed E-state index contributed by atoms with van der Waals surface area (Å²) in [6.07, 6.45) is 32.8. The van der Waals surface area contributed by atoms with Gasteiger partial charge in [0.1, 0.15) is 0 Å². The smallest absolute Gasteiger partial charge is 0.303 e. The van der Waals surface area contributed by atoms with Gasteiger partial charge in [-0.2, -0.15) is 0 Å². The van der Waals surface area contributed by atoms with E-state index in [1.165, 1.54) is 0 Å². The zero-order chi connectivity index (χ0) is 18.4. The van der Waals surface area contributed by atoms with Gasteiger partial charge in [-0.1, -0.05) is 80.5 Å². The zero-order valence-corrected chi connectivity index (χ0v) is 15.9. The molecule has 1 N–H and O–H groups in total. The maximum atomic E-state index is 10.4. The quantitative estimate of drug-likeness (QED) is 0.238. The van der Waals surface area contributed by atoms with Crippen molar-refractivity contribution in [2.24, 2.45) is 0 Å². The molecule has 2 heteroatoms. The van der Waals surface area contributed by atoms with Crippen molar-refractivity contribution in [3.05, 3.63) is 60.8 Å². The number of aliphatic carboxylic acids is 1. The van der Waals surface area contributed by atoms with Crippen LogP contribution in [0.2, 0.25) is 0 Å². The van der Waals surface area contributed by atoms with Gasteiger partial charge in [0.25, 0.3) is 0 Å². The lowest BCUT2D eigenvalue weighted by atomic mass is 10.1. The van der Waals surface area contributed by atoms with Gasteiger partial charge in [-0.05, 0) is 51.4 Å². The first kappa shape index (κ1) is 23.2. The van der Waals surface area contributed by atoms with Crippen molar-refractivity contribution in [1.29, 1.82) is 0 Å². The van der Waals surface area contributed by atoms with E-state index in [9.17, 15) is 4.79 Å². The van der Waals surface area contributed by atoms with Gasteiger partial charge in [-0.3, -0.25) is 4.79 Å². The maximum Gasteiger partial charge on any atom is 0.303 e. The van der Waals surface area contributed by atoms with Gasteiger partial charge >= 0.3 is 5.97 Å². The van der Waals surface area contributed by atoms with E-state index in [-0.39, 0.29) is 0 Å². The van der Waals surface area contributed by atoms with Crippen LogP contribution in [0.4, 0.5) is 0 Å². The number of hydrogen-bond acceptors (Lipinski definition) is 1. The fourth-order valence-corrected chi connectivity index (χ4v) is 2.26. The van der Waals surface area contributed by atoms with E-state index in [4.69, 9.17) is 5.11 Å². The van der Waals surface area contributed by atoms with Crippen LogP contribution in [0.15, 0.2) is 60.8 Å². The number of carboxylic acid groups (broad SMARTS) is 1. The fraction of sp³-hybridized carbons (Fsp3) is 0.522. The van der Waals surface area contributed by atoms with E-state index < -0.39 is 5.97 Å². The largest absolute Gasteiger partial charge is 0.481 e. The third-order valence-electron chi connectivity index (χ3n) is 3.67. The highest BCUT2D eigenvalue weighted by molar-refractivity contribution is 5.66. The van der Waals surface area contributed by atoms with Crippen LogP contribution in [0.5, 0.6) is 0 Å². The van der Waals surface area contributed by atoms with Crippen LogP contribution in [0, 0.1) is 0 Å². The Morgan fingerprint density at radius 2 is 1.08 bits per heavy atom. The van der Waals surface area contributed by atoms with Gasteiger partial charge < -0.3 is 5.11 Å². The van der Waals surface area contributed by atoms with Gasteiger partial charge in [0, 0.05) is 6.42 Å². The van der Waals surface area contributed by atoms with Crippen LogP contribution in [0.25, 0.3) is 0 Å². The second kappa shape index (κ2) is 20.2. The minimum Gasteiger partial charge on any atom is -0.481 e. The summed E-state index contributed by atoms with van der Waals surface area (Å²) in [6.45, 7) is 2.15. The molecule has 0 spiro atoms. The Hall–Kier alpha value is -1.83. The summed E-state index contributed by atoms with van der Waals surface area (Å²) in [5.74, 6) is -0.683. The van der Waals surface area contributed by atoms with E-state index in [2.05, 4.69) is 67.7 Å². The lowest BCUT2D eigenvalue weighted by molar-refractivity contribution is -0.137. The van der Waals surface area contributed by atoms with E-state index in [1.54, 1.807) is 0 Å². The maximum absolute atomic E-state index is 10.4. The first-order valence-corrected chi connectivity index (χ1v) is 9.74. The zero-order valence-electron chi connectivity index (χ0n) is 15.9. The molecular weight excluding hydrogens is 308 g/mol. The van der Waals surface area contributed by atoms with E-state index in [1.807, 2.05) is 0 Å². The minimum absolute atomic E-state index is 0.307. The summed E-state index contributed by atoms with van der Waals surface area (Å²) in [7, 11) is 0. The molecule has 0 amide bonds. The summed E-state index contributed by atoms with van der Waals surface area (Å²) >= 11 is 0. The number of hydrogen-bond donors (Lipinski definition) is 1. The molecule has 0 bridgehead atoms. The summed E-state index contributed by atoms with van der Waals surface area (Å²) in [5.41, 5.74) is 0. The summed E-state index contributed by atoms with van der Waals surface area (Å²) < 4.78 is 0. The monoisotopic (exact) mass is 344 g/mol. The first-order valence-electron chi connectivity index (χ1n) is 9.74. The molecular formula is C23H36O2. The average Bonchev–Trinajstić information content (AvgIpc) is 2.60. The molecule has 0 aliphatic heterocycles. The number of rotatable bonds is 16. The topological polar surface area (TPSA) is 37.3 Å². The molecule has 0 aromatic rings. The molecule has 0 aliphatic carbocycles. The normalized spacial score (nSPS) is 12.7. The van der Waals surface area contributed by atoms with Crippen molar-refractivity contribution in [2.75, 3.05) is 0 Å². The Balaban J connectivity index is 3.40. The molecule has 0 heterocycles. The van der Waals surface area contributed by atoms with E-state index >= 15 is 0 Å². The number of carbonyl (C=O) groups is 1. The standard InChI is InChI=1S/C23H36O2/c1-2-3-4-5-6-7-8-9-10-11-12-13-14-15-16-17-18-19-20-21-22-23(24)25/h3-4,6-7,9-10,12-13,15-16H,2,5,8,11,14,17-22H2,1H3,(H,24,25). The Kier molecular flexibility index (Phi) is 18.7. The Morgan fingerprint density at radius 1 is 0.640 bits per heavy atom. The van der Waals surface area contributed by atoms with Crippen LogP contribution in [0.3, 0.4) is 0 Å². The first-order chi connectivity index (χ1) is 12.3. The van der Waals surface area contributed by atoms with Gasteiger partial charge in [-0.25, -0.2) is 0 Å². The Labute approximate surface area is 154 Å². The van der Waals surface area contributed by atoms with Crippen LogP contribution < -0.4 is 0 Å². The number of allylic oxidation sites excluding steroid dienone is 10. The predicted octanol–water partition coefficient (Wildman–Crippen LogP) is 7.16. The molecule has 0 rings (SSSR count). The van der Waals surface area contributed by atoms with Crippen LogP contribution in [0.1, 0.15) is 77.6 Å². The van der Waals surface area contributed by atoms with Crippen LogP contribution >= 0.6 is 0 Å². The van der Waals surface area contributed by atoms with Gasteiger partial charge in [-0.15, -0.1) is 0 Å². The third kappa shape index (κ3) is 22.2. The molecule has 0 aliphatic rings. The van der Waals surface area contributed by atoms with E-state index in [0.717, 1.165) is 64.2 Å². The number of carboxylic acids is 1. The molecule has 0 saturated heterocycles. The van der Waals surface area contributed by atoms with Gasteiger partial charge in [0.15, 0.2) is 0 Å². The molecule has 140 valence electrons. The highest BCUT2D eigenvalue weighted by Crippen LogP contribution is 2.06. The summed E-state index contributed by atoms with van der Waals surface area (Å²) in [6, 6.07) is 0. The molecule has 0 unspecified atom stereocenters. The highest BCUT2D eigenvalue weighted by atomic mass is 16.4. The Bertz CT molecular complexity index is 439. The lowest BCUT2D eigenvalue weighted by Crippen LogP contribution is -1.93. The van der Waals surface area contributed by atoms with Crippen molar-refractivity contribution in [3.8, 4) is 0 Å². The third-order valence-corrected chi connectivity index (χ3v) is 3.67. The molecule has 25 heavy (non-hydrogen) atoms. The van der Waals surface area contributed by atoms with Crippen molar-refractivity contribution in [1.82, 2.24) is 0 Å². The minimum atomic E-state index is -0.683. The molecule has 0 saturated carbocycles. The second-order valence-electron chi connectivity index (χ2n) is 6.05. The molecule has 0 aromatic heterocycles. The second-order valence-corrected chi connectivity index (χ2v) is 6.05. The molecule has 0 fully saturated rings. The van der Waals surface area contributed by atoms with Crippen LogP contribution in [-0.2, 0) is 4.79 Å². The van der Waals surface area contributed by atoms with Crippen molar-refractivity contribution < 1.29 is 9.90 Å². The SMILES string of the molecule is CCC=CCC=CCC=CCC=CCC=CCCCCCCC(=O)O. The molecule has 2 nitrogen and oxygen atoms in total. The molecule has 0 aromatic carbocycles. The molecule has 0 atom stereocenters. The van der Waals surface area contributed by atoms with Crippen molar-refractivity contribution in [2.45, 2.75) is 77.6 Å². The highest BCUT2D eigenvalue weighted by Gasteiger charge is 1.95. The fourth-order valence-electron chi connectivity index (χ4n) is 2.26. The summed E-state index contributed by atoms with van der Waals surface area (Å²) in [5, 5.41) is 8.54. The Morgan fingerprint density at radius 3 is 1.56 bits per heavy atom. The number of unbranched alkanes of at least 4 members (excludes halogenated alkanes) is 4. The predicted molar refractivity (Wildman–Crippen MR) is 110 cm³/mol. The lowest BCUT2D eigenvalue weighted by Gasteiger charge is -1.96. The van der Waals surface area contributed by atoms with Crippen molar-refractivity contribution >= 4 is 5.97 Å². The van der Waals surface area contributed by atoms with Gasteiger partial charge in [0.05, 0.1) is 0 Å². The summed E-state index contributed by atoms with van der Waals surface area (Å²) in [4.78, 5) is 10.4.